The van der Waals surface area contributed by atoms with Crippen LogP contribution in [0.15, 0.2) is 115 Å². The monoisotopic (exact) mass is 668 g/mol. The molecule has 0 aliphatic heterocycles. The second-order valence-corrected chi connectivity index (χ2v) is 12.0. The molecule has 1 nitrogen and oxygen atoms in total. The smallest absolute Gasteiger partial charge is 0.119 e. The Balaban J connectivity index is 0.000000277. The van der Waals surface area contributed by atoms with Crippen molar-refractivity contribution in [2.24, 2.45) is 0 Å². The molecule has 5 aromatic rings. The quantitative estimate of drug-likeness (QED) is 0.186. The van der Waals surface area contributed by atoms with Crippen molar-refractivity contribution in [1.29, 1.82) is 0 Å². The van der Waals surface area contributed by atoms with Gasteiger partial charge in [-0.1, -0.05) is 143 Å². The van der Waals surface area contributed by atoms with Gasteiger partial charge in [-0.2, -0.15) is 0 Å². The number of rotatable bonds is 3. The standard InChI is InChI=1S/C10H14O.C8H10.2C7H6Cl2.C7H8/c1-3-7-11-10-6-4-5-9(2)8-10;1-7-4-3-5-8(2)6-7;1-5-2-6(8)4-7(9)3-5;1-5-6(8)3-2-4-7(5)9;1-7-5-3-2-4-6-7/h4-6,8H,3,7H2,1-2H3;3-6H,1-2H3;2*2-4H,1H3;2-6H,1H3. The van der Waals surface area contributed by atoms with Gasteiger partial charge in [0.15, 0.2) is 0 Å². The third-order valence-corrected chi connectivity index (χ3v) is 7.04. The van der Waals surface area contributed by atoms with Crippen LogP contribution in [0.3, 0.4) is 0 Å². The molecule has 44 heavy (non-hydrogen) atoms. The number of ether oxygens (including phenoxy) is 1. The molecule has 0 aliphatic carbocycles. The van der Waals surface area contributed by atoms with Gasteiger partial charge < -0.3 is 4.74 Å². The summed E-state index contributed by atoms with van der Waals surface area (Å²) < 4.78 is 5.44. The molecule has 5 heteroatoms. The van der Waals surface area contributed by atoms with Gasteiger partial charge in [-0.3, -0.25) is 0 Å². The van der Waals surface area contributed by atoms with Crippen LogP contribution in [0.4, 0.5) is 0 Å². The average molecular weight is 671 g/mol. The molecule has 0 radical (unpaired) electrons. The highest BCUT2D eigenvalue weighted by molar-refractivity contribution is 6.36. The van der Waals surface area contributed by atoms with E-state index in [1.165, 1.54) is 22.3 Å². The van der Waals surface area contributed by atoms with Crippen molar-refractivity contribution in [2.45, 2.75) is 54.9 Å². The summed E-state index contributed by atoms with van der Waals surface area (Å²) in [7, 11) is 0. The van der Waals surface area contributed by atoms with Crippen LogP contribution >= 0.6 is 46.4 Å². The minimum absolute atomic E-state index is 0.694. The third kappa shape index (κ3) is 18.7. The van der Waals surface area contributed by atoms with Crippen LogP contribution in [0.2, 0.25) is 20.1 Å². The highest BCUT2D eigenvalue weighted by Crippen LogP contribution is 2.22. The van der Waals surface area contributed by atoms with Gasteiger partial charge in [0.2, 0.25) is 0 Å². The highest BCUT2D eigenvalue weighted by Gasteiger charge is 1.96. The molecular formula is C39H44Cl4O. The topological polar surface area (TPSA) is 9.23 Å². The Morgan fingerprint density at radius 3 is 1.27 bits per heavy atom. The van der Waals surface area contributed by atoms with E-state index in [-0.39, 0.29) is 0 Å². The van der Waals surface area contributed by atoms with Crippen molar-refractivity contribution in [2.75, 3.05) is 6.61 Å². The number of benzene rings is 5. The third-order valence-electron chi connectivity index (χ3n) is 5.78. The maximum atomic E-state index is 5.73. The van der Waals surface area contributed by atoms with Gasteiger partial charge >= 0.3 is 0 Å². The van der Waals surface area contributed by atoms with Crippen molar-refractivity contribution in [3.05, 3.63) is 169 Å². The van der Waals surface area contributed by atoms with Gasteiger partial charge in [-0.25, -0.2) is 0 Å². The summed E-state index contributed by atoms with van der Waals surface area (Å²) in [6.07, 6.45) is 1.06. The predicted octanol–water partition coefficient (Wildman–Crippen LogP) is 13.7. The predicted molar refractivity (Wildman–Crippen MR) is 196 cm³/mol. The zero-order valence-corrected chi connectivity index (χ0v) is 29.8. The summed E-state index contributed by atoms with van der Waals surface area (Å²) in [6.45, 7) is 15.1. The molecule has 0 N–H and O–H groups in total. The molecule has 0 saturated carbocycles. The van der Waals surface area contributed by atoms with E-state index in [1.807, 2.05) is 74.5 Å². The molecular weight excluding hydrogens is 626 g/mol. The van der Waals surface area contributed by atoms with Crippen LogP contribution in [0.1, 0.15) is 46.7 Å². The van der Waals surface area contributed by atoms with Crippen LogP contribution in [0.25, 0.3) is 0 Å². The Hall–Kier alpha value is -2.94. The van der Waals surface area contributed by atoms with Crippen LogP contribution in [-0.4, -0.2) is 6.61 Å². The first-order valence-electron chi connectivity index (χ1n) is 14.5. The molecule has 0 spiro atoms. The van der Waals surface area contributed by atoms with Gasteiger partial charge in [-0.05, 0) is 107 Å². The van der Waals surface area contributed by atoms with E-state index < -0.39 is 0 Å². The van der Waals surface area contributed by atoms with Crippen molar-refractivity contribution in [1.82, 2.24) is 0 Å². The van der Waals surface area contributed by atoms with Crippen LogP contribution in [-0.2, 0) is 0 Å². The second-order valence-electron chi connectivity index (χ2n) is 10.3. The molecule has 0 aliphatic rings. The molecule has 5 aromatic carbocycles. The maximum Gasteiger partial charge on any atom is 0.119 e. The summed E-state index contributed by atoms with van der Waals surface area (Å²) in [5.74, 6) is 0.979. The lowest BCUT2D eigenvalue weighted by atomic mass is 10.2. The zero-order chi connectivity index (χ0) is 32.9. The summed E-state index contributed by atoms with van der Waals surface area (Å²) in [4.78, 5) is 0. The lowest BCUT2D eigenvalue weighted by Crippen LogP contribution is -1.94. The minimum Gasteiger partial charge on any atom is -0.494 e. The Morgan fingerprint density at radius 2 is 0.909 bits per heavy atom. The van der Waals surface area contributed by atoms with Gasteiger partial charge in [0.25, 0.3) is 0 Å². The van der Waals surface area contributed by atoms with Crippen molar-refractivity contribution in [3.8, 4) is 5.75 Å². The molecule has 0 unspecified atom stereocenters. The molecule has 0 heterocycles. The number of aryl methyl sites for hydroxylation is 5. The van der Waals surface area contributed by atoms with E-state index in [4.69, 9.17) is 51.1 Å². The lowest BCUT2D eigenvalue weighted by Gasteiger charge is -2.03. The van der Waals surface area contributed by atoms with Crippen LogP contribution in [0.5, 0.6) is 5.75 Å². The Labute approximate surface area is 285 Å². The summed E-state index contributed by atoms with van der Waals surface area (Å²) in [5, 5.41) is 2.84. The Morgan fingerprint density at radius 1 is 0.455 bits per heavy atom. The van der Waals surface area contributed by atoms with E-state index in [2.05, 4.69) is 83.1 Å². The van der Waals surface area contributed by atoms with E-state index >= 15 is 0 Å². The SMILES string of the molecule is CCCOc1cccc(C)c1.Cc1c(Cl)cccc1Cl.Cc1cc(Cl)cc(Cl)c1.Cc1cccc(C)c1.Cc1ccccc1. The molecule has 5 rings (SSSR count). The largest absolute Gasteiger partial charge is 0.494 e. The van der Waals surface area contributed by atoms with E-state index in [9.17, 15) is 0 Å². The summed E-state index contributed by atoms with van der Waals surface area (Å²) in [6, 6.07) is 37.8. The Bertz CT molecular complexity index is 1410. The van der Waals surface area contributed by atoms with Gasteiger partial charge in [0, 0.05) is 20.1 Å². The van der Waals surface area contributed by atoms with Crippen molar-refractivity contribution in [3.63, 3.8) is 0 Å². The highest BCUT2D eigenvalue weighted by atomic mass is 35.5. The average Bonchev–Trinajstić information content (AvgIpc) is 2.96. The fourth-order valence-electron chi connectivity index (χ4n) is 3.54. The second kappa shape index (κ2) is 22.6. The van der Waals surface area contributed by atoms with Crippen LogP contribution in [0, 0.1) is 41.5 Å². The first-order valence-corrected chi connectivity index (χ1v) is 16.0. The molecule has 0 aromatic heterocycles. The van der Waals surface area contributed by atoms with Crippen LogP contribution < -0.4 is 4.74 Å². The summed E-state index contributed by atoms with van der Waals surface area (Å²) >= 11 is 22.8. The van der Waals surface area contributed by atoms with Gasteiger partial charge in [-0.15, -0.1) is 0 Å². The molecule has 234 valence electrons. The molecule has 0 amide bonds. The van der Waals surface area contributed by atoms with Crippen molar-refractivity contribution < 1.29 is 4.74 Å². The van der Waals surface area contributed by atoms with Crippen molar-refractivity contribution >= 4 is 46.4 Å². The zero-order valence-electron chi connectivity index (χ0n) is 26.8. The number of hydrogen-bond acceptors (Lipinski definition) is 1. The van der Waals surface area contributed by atoms with E-state index in [1.54, 1.807) is 6.07 Å². The maximum absolute atomic E-state index is 5.73. The number of halogens is 4. The fraction of sp³-hybridized carbons (Fsp3) is 0.231. The fourth-order valence-corrected chi connectivity index (χ4v) is 4.57. The first kappa shape index (κ1) is 39.1. The molecule has 0 fully saturated rings. The summed E-state index contributed by atoms with van der Waals surface area (Å²) in [5.41, 5.74) is 7.28. The van der Waals surface area contributed by atoms with E-state index in [0.717, 1.165) is 39.9 Å². The molecule has 0 atom stereocenters. The van der Waals surface area contributed by atoms with E-state index in [0.29, 0.717) is 10.0 Å². The molecule has 0 bridgehead atoms. The molecule has 0 saturated heterocycles. The normalized spacial score (nSPS) is 9.43. The van der Waals surface area contributed by atoms with Gasteiger partial charge in [0.05, 0.1) is 6.61 Å². The first-order chi connectivity index (χ1) is 20.9. The lowest BCUT2D eigenvalue weighted by molar-refractivity contribution is 0.317. The minimum atomic E-state index is 0.694. The number of hydrogen-bond donors (Lipinski definition) is 0. The Kier molecular flexibility index (Phi) is 20.0. The van der Waals surface area contributed by atoms with Gasteiger partial charge in [0.1, 0.15) is 5.75 Å².